The van der Waals surface area contributed by atoms with Crippen LogP contribution in [-0.4, -0.2) is 39.5 Å². The minimum Gasteiger partial charge on any atom is -0.474 e. The maximum atomic E-state index is 13.3. The molecule has 1 aromatic heterocycles. The smallest absolute Gasteiger partial charge is 0.344 e. The van der Waals surface area contributed by atoms with Gasteiger partial charge in [-0.15, -0.1) is 0 Å². The molecule has 11 heteroatoms. The van der Waals surface area contributed by atoms with E-state index >= 15 is 0 Å². The largest absolute Gasteiger partial charge is 0.474 e. The Morgan fingerprint density at radius 2 is 2.09 bits per heavy atom. The Kier molecular flexibility index (Phi) is 8.69. The highest BCUT2D eigenvalue weighted by molar-refractivity contribution is 9.10. The second-order valence-corrected chi connectivity index (χ2v) is 8.85. The summed E-state index contributed by atoms with van der Waals surface area (Å²) >= 11 is 3.37. The molecular formula is C24H25BrN4O6. The van der Waals surface area contributed by atoms with Gasteiger partial charge in [0, 0.05) is 22.5 Å². The summed E-state index contributed by atoms with van der Waals surface area (Å²) in [5.74, 6) is -0.346. The average Bonchev–Trinajstić information content (AvgIpc) is 2.81. The van der Waals surface area contributed by atoms with Crippen LogP contribution in [0.4, 0.5) is 5.69 Å². The number of hydrogen-bond donors (Lipinski definition) is 0. The van der Waals surface area contributed by atoms with Gasteiger partial charge in [-0.3, -0.25) is 14.9 Å². The number of nitrogens with zero attached hydrogens (tertiary/aromatic N) is 4. The number of unbranched alkanes of at least 4 members (excludes halogenated alkanes) is 1. The summed E-state index contributed by atoms with van der Waals surface area (Å²) in [6.07, 6.45) is 3.15. The fraction of sp³-hybridized carbons (Fsp3) is 0.333. The number of nitro groups is 1. The zero-order valence-electron chi connectivity index (χ0n) is 19.6. The molecule has 0 unspecified atom stereocenters. The summed E-state index contributed by atoms with van der Waals surface area (Å²) in [4.78, 5) is 40.7. The molecular weight excluding hydrogens is 520 g/mol. The minimum absolute atomic E-state index is 0.151. The predicted octanol–water partition coefficient (Wildman–Crippen LogP) is 4.62. The van der Waals surface area contributed by atoms with Gasteiger partial charge in [-0.25, -0.2) is 9.78 Å². The molecule has 3 rings (SSSR count). The first-order valence-corrected chi connectivity index (χ1v) is 11.9. The average molecular weight is 545 g/mol. The first-order chi connectivity index (χ1) is 16.7. The van der Waals surface area contributed by atoms with Crippen LogP contribution < -0.4 is 10.3 Å². The Bertz CT molecular complexity index is 1340. The standard InChI is InChI=1S/C24H25BrN4O6/c1-4-5-9-21-27-19-11-10-17(25)12-18(19)24(31)28(21)26-13-16-7-6-8-20(29(32)33)23(16)34-14-22(30)35-15(2)3/h6-8,10-13,15H,4-5,9,14H2,1-3H3. The lowest BCUT2D eigenvalue weighted by molar-refractivity contribution is -0.385. The van der Waals surface area contributed by atoms with Crippen molar-refractivity contribution in [3.8, 4) is 5.75 Å². The minimum atomic E-state index is -0.664. The van der Waals surface area contributed by atoms with Gasteiger partial charge in [-0.2, -0.15) is 9.78 Å². The van der Waals surface area contributed by atoms with Crippen molar-refractivity contribution >= 4 is 44.7 Å². The SMILES string of the molecule is CCCCc1nc2ccc(Br)cc2c(=O)n1N=Cc1cccc([N+](=O)[O-])c1OCC(=O)OC(C)C. The Morgan fingerprint density at radius 1 is 1.31 bits per heavy atom. The monoisotopic (exact) mass is 544 g/mol. The molecule has 0 atom stereocenters. The quantitative estimate of drug-likeness (QED) is 0.157. The van der Waals surface area contributed by atoms with E-state index in [9.17, 15) is 19.7 Å². The van der Waals surface area contributed by atoms with Gasteiger partial charge in [0.05, 0.1) is 28.1 Å². The molecule has 0 aliphatic rings. The van der Waals surface area contributed by atoms with Crippen molar-refractivity contribution in [3.05, 3.63) is 72.7 Å². The summed E-state index contributed by atoms with van der Waals surface area (Å²) in [5, 5.41) is 16.3. The topological polar surface area (TPSA) is 126 Å². The van der Waals surface area contributed by atoms with Gasteiger partial charge in [-0.05, 0) is 44.5 Å². The molecule has 3 aromatic rings. The maximum Gasteiger partial charge on any atom is 0.344 e. The van der Waals surface area contributed by atoms with Gasteiger partial charge in [0.1, 0.15) is 5.82 Å². The molecule has 0 aliphatic carbocycles. The Hall–Kier alpha value is -3.60. The highest BCUT2D eigenvalue weighted by Gasteiger charge is 2.20. The molecule has 0 saturated carbocycles. The van der Waals surface area contributed by atoms with Crippen molar-refractivity contribution < 1.29 is 19.2 Å². The summed E-state index contributed by atoms with van der Waals surface area (Å²) < 4.78 is 12.4. The third kappa shape index (κ3) is 6.50. The van der Waals surface area contributed by atoms with Gasteiger partial charge in [0.25, 0.3) is 5.56 Å². The van der Waals surface area contributed by atoms with Crippen molar-refractivity contribution in [2.24, 2.45) is 5.10 Å². The van der Waals surface area contributed by atoms with E-state index in [-0.39, 0.29) is 28.7 Å². The molecule has 0 amide bonds. The van der Waals surface area contributed by atoms with Crippen LogP contribution in [0.3, 0.4) is 0 Å². The Morgan fingerprint density at radius 3 is 2.77 bits per heavy atom. The maximum absolute atomic E-state index is 13.3. The number of carbonyl (C=O) groups is 1. The Labute approximate surface area is 209 Å². The van der Waals surface area contributed by atoms with Crippen LogP contribution >= 0.6 is 15.9 Å². The number of ether oxygens (including phenoxy) is 2. The number of benzene rings is 2. The highest BCUT2D eigenvalue weighted by atomic mass is 79.9. The lowest BCUT2D eigenvalue weighted by atomic mass is 10.2. The van der Waals surface area contributed by atoms with Crippen molar-refractivity contribution in [2.45, 2.75) is 46.1 Å². The molecule has 0 aliphatic heterocycles. The van der Waals surface area contributed by atoms with Gasteiger partial charge in [0.2, 0.25) is 5.75 Å². The number of fused-ring (bicyclic) bond motifs is 1. The molecule has 0 spiro atoms. The third-order valence-electron chi connectivity index (χ3n) is 4.86. The number of nitro benzene ring substituents is 1. The number of aryl methyl sites for hydroxylation is 1. The first kappa shape index (κ1) is 26.0. The van der Waals surface area contributed by atoms with E-state index in [1.807, 2.05) is 13.0 Å². The molecule has 184 valence electrons. The van der Waals surface area contributed by atoms with E-state index < -0.39 is 17.5 Å². The van der Waals surface area contributed by atoms with Crippen LogP contribution in [0.5, 0.6) is 5.75 Å². The van der Waals surface area contributed by atoms with E-state index in [1.54, 1.807) is 32.0 Å². The van der Waals surface area contributed by atoms with Crippen LogP contribution in [0.15, 0.2) is 50.8 Å². The summed E-state index contributed by atoms with van der Waals surface area (Å²) in [7, 11) is 0. The second-order valence-electron chi connectivity index (χ2n) is 7.93. The van der Waals surface area contributed by atoms with Gasteiger partial charge < -0.3 is 9.47 Å². The highest BCUT2D eigenvalue weighted by Crippen LogP contribution is 2.30. The molecule has 0 saturated heterocycles. The molecule has 0 radical (unpaired) electrons. The first-order valence-electron chi connectivity index (χ1n) is 11.1. The van der Waals surface area contributed by atoms with E-state index in [0.717, 1.165) is 17.3 Å². The lowest BCUT2D eigenvalue weighted by Gasteiger charge is -2.12. The predicted molar refractivity (Wildman–Crippen MR) is 135 cm³/mol. The zero-order valence-corrected chi connectivity index (χ0v) is 21.1. The van der Waals surface area contributed by atoms with E-state index in [4.69, 9.17) is 9.47 Å². The normalized spacial score (nSPS) is 11.3. The fourth-order valence-electron chi connectivity index (χ4n) is 3.30. The number of para-hydroxylation sites is 1. The van der Waals surface area contributed by atoms with Crippen LogP contribution in [0.1, 0.15) is 45.0 Å². The van der Waals surface area contributed by atoms with E-state index in [1.165, 1.54) is 23.0 Å². The van der Waals surface area contributed by atoms with Crippen LogP contribution in [0.2, 0.25) is 0 Å². The second kappa shape index (κ2) is 11.7. The summed E-state index contributed by atoms with van der Waals surface area (Å²) in [6, 6.07) is 9.50. The van der Waals surface area contributed by atoms with Crippen molar-refractivity contribution in [1.82, 2.24) is 9.66 Å². The molecule has 0 N–H and O–H groups in total. The fourth-order valence-corrected chi connectivity index (χ4v) is 3.66. The number of carbonyl (C=O) groups excluding carboxylic acids is 1. The number of halogens is 1. The van der Waals surface area contributed by atoms with Gasteiger partial charge in [0.15, 0.2) is 6.61 Å². The number of esters is 1. The molecule has 1 heterocycles. The third-order valence-corrected chi connectivity index (χ3v) is 5.36. The number of hydrogen-bond acceptors (Lipinski definition) is 8. The summed E-state index contributed by atoms with van der Waals surface area (Å²) in [6.45, 7) is 4.88. The van der Waals surface area contributed by atoms with Gasteiger partial charge >= 0.3 is 11.7 Å². The van der Waals surface area contributed by atoms with Crippen molar-refractivity contribution in [2.75, 3.05) is 6.61 Å². The van der Waals surface area contributed by atoms with Crippen molar-refractivity contribution in [3.63, 3.8) is 0 Å². The Balaban J connectivity index is 2.07. The molecule has 35 heavy (non-hydrogen) atoms. The molecule has 2 aromatic carbocycles. The molecule has 0 fully saturated rings. The molecule has 0 bridgehead atoms. The van der Waals surface area contributed by atoms with Crippen LogP contribution in [0.25, 0.3) is 10.9 Å². The van der Waals surface area contributed by atoms with Crippen LogP contribution in [0, 0.1) is 10.1 Å². The number of aromatic nitrogens is 2. The molecule has 10 nitrogen and oxygen atoms in total. The summed E-state index contributed by atoms with van der Waals surface area (Å²) in [5.41, 5.74) is 0.0653. The van der Waals surface area contributed by atoms with Crippen LogP contribution in [-0.2, 0) is 16.0 Å². The van der Waals surface area contributed by atoms with E-state index in [0.29, 0.717) is 23.1 Å². The van der Waals surface area contributed by atoms with Gasteiger partial charge in [-0.1, -0.05) is 35.3 Å². The van der Waals surface area contributed by atoms with E-state index in [2.05, 4.69) is 26.0 Å². The lowest BCUT2D eigenvalue weighted by Crippen LogP contribution is -2.22. The van der Waals surface area contributed by atoms with Crippen molar-refractivity contribution in [1.29, 1.82) is 0 Å². The number of rotatable bonds is 10. The zero-order chi connectivity index (χ0) is 25.5.